The molecule has 7 nitrogen and oxygen atoms in total. The monoisotopic (exact) mass is 387 g/mol. The van der Waals surface area contributed by atoms with Crippen LogP contribution in [-0.4, -0.2) is 67.0 Å². The zero-order chi connectivity index (χ0) is 16.9. The van der Waals surface area contributed by atoms with E-state index in [4.69, 9.17) is 5.73 Å². The summed E-state index contributed by atoms with van der Waals surface area (Å²) in [6.45, 7) is 5.72. The van der Waals surface area contributed by atoms with Crippen molar-refractivity contribution in [3.63, 3.8) is 0 Å². The molecule has 0 aliphatic carbocycles. The highest BCUT2D eigenvalue weighted by molar-refractivity contribution is 7.10. The number of nitrogens with zero attached hydrogens (tertiary/aromatic N) is 2. The predicted octanol–water partition coefficient (Wildman–Crippen LogP) is 0.776. The number of hydrogen-bond donors (Lipinski definition) is 3. The molecule has 1 aromatic rings. The van der Waals surface area contributed by atoms with Crippen LogP contribution in [0.3, 0.4) is 0 Å². The fourth-order valence-electron chi connectivity index (χ4n) is 3.50. The molecule has 2 aliphatic heterocycles. The topological polar surface area (TPSA) is 90.7 Å². The van der Waals surface area contributed by atoms with Crippen molar-refractivity contribution in [1.29, 1.82) is 0 Å². The lowest BCUT2D eigenvalue weighted by Crippen LogP contribution is -2.49. The molecule has 25 heavy (non-hydrogen) atoms. The molecule has 4 N–H and O–H groups in total. The van der Waals surface area contributed by atoms with Crippen molar-refractivity contribution in [3.05, 3.63) is 22.4 Å². The molecule has 3 heterocycles. The molecule has 2 atom stereocenters. The summed E-state index contributed by atoms with van der Waals surface area (Å²) in [6.07, 6.45) is 1.29. The van der Waals surface area contributed by atoms with Crippen molar-refractivity contribution in [2.75, 3.05) is 39.3 Å². The lowest BCUT2D eigenvalue weighted by Gasteiger charge is -2.32. The molecule has 0 aromatic carbocycles. The number of hydrogen-bond acceptors (Lipinski definition) is 5. The van der Waals surface area contributed by atoms with Gasteiger partial charge in [0, 0.05) is 50.2 Å². The van der Waals surface area contributed by atoms with Gasteiger partial charge in [-0.25, -0.2) is 4.79 Å². The molecular weight excluding hydrogens is 362 g/mol. The van der Waals surface area contributed by atoms with E-state index in [1.807, 2.05) is 22.4 Å². The molecule has 0 radical (unpaired) electrons. The van der Waals surface area contributed by atoms with Crippen LogP contribution in [0.1, 0.15) is 23.8 Å². The fraction of sp³-hybridized carbons (Fsp3) is 0.625. The molecule has 3 amide bonds. The van der Waals surface area contributed by atoms with Crippen molar-refractivity contribution in [3.8, 4) is 0 Å². The number of rotatable bonds is 5. The Kier molecular flexibility index (Phi) is 7.49. The van der Waals surface area contributed by atoms with Crippen LogP contribution in [0.5, 0.6) is 0 Å². The van der Waals surface area contributed by atoms with E-state index >= 15 is 0 Å². The number of amides is 3. The summed E-state index contributed by atoms with van der Waals surface area (Å²) >= 11 is 1.52. The summed E-state index contributed by atoms with van der Waals surface area (Å²) in [5, 5.41) is 7.99. The Morgan fingerprint density at radius 3 is 2.76 bits per heavy atom. The number of carbonyl (C=O) groups is 2. The van der Waals surface area contributed by atoms with Gasteiger partial charge in [0.05, 0.1) is 12.5 Å². The normalized spacial score (nSPS) is 22.2. The van der Waals surface area contributed by atoms with E-state index in [0.29, 0.717) is 6.04 Å². The molecule has 2 aliphatic rings. The summed E-state index contributed by atoms with van der Waals surface area (Å²) in [4.78, 5) is 29.3. The number of thiophene rings is 1. The highest BCUT2D eigenvalue weighted by Crippen LogP contribution is 2.24. The van der Waals surface area contributed by atoms with Gasteiger partial charge in [0.25, 0.3) is 0 Å². The van der Waals surface area contributed by atoms with Gasteiger partial charge < -0.3 is 21.3 Å². The Balaban J connectivity index is 0.00000225. The van der Waals surface area contributed by atoms with E-state index in [9.17, 15) is 9.59 Å². The molecule has 2 saturated heterocycles. The van der Waals surface area contributed by atoms with Crippen LogP contribution in [0.4, 0.5) is 4.79 Å². The van der Waals surface area contributed by atoms with E-state index in [-0.39, 0.29) is 30.8 Å². The Labute approximate surface area is 158 Å². The number of carbonyl (C=O) groups excluding carboxylic acids is 2. The van der Waals surface area contributed by atoms with Crippen LogP contribution in [0.25, 0.3) is 0 Å². The largest absolute Gasteiger partial charge is 0.352 e. The van der Waals surface area contributed by atoms with Crippen LogP contribution < -0.4 is 16.4 Å². The van der Waals surface area contributed by atoms with Gasteiger partial charge in [-0.1, -0.05) is 6.07 Å². The number of nitrogens with one attached hydrogen (secondary N) is 2. The second-order valence-electron chi connectivity index (χ2n) is 6.35. The lowest BCUT2D eigenvalue weighted by molar-refractivity contribution is -0.130. The predicted molar refractivity (Wildman–Crippen MR) is 101 cm³/mol. The second-order valence-corrected chi connectivity index (χ2v) is 7.33. The van der Waals surface area contributed by atoms with Crippen molar-refractivity contribution in [2.45, 2.75) is 24.9 Å². The number of piperazine rings is 1. The molecule has 0 bridgehead atoms. The third kappa shape index (κ3) is 5.31. The third-order valence-corrected chi connectivity index (χ3v) is 5.75. The minimum Gasteiger partial charge on any atom is -0.352 e. The molecule has 140 valence electrons. The van der Waals surface area contributed by atoms with Gasteiger partial charge in [-0.2, -0.15) is 0 Å². The molecule has 1 aromatic heterocycles. The molecule has 2 unspecified atom stereocenters. The van der Waals surface area contributed by atoms with E-state index in [1.54, 1.807) is 0 Å². The van der Waals surface area contributed by atoms with Crippen molar-refractivity contribution < 1.29 is 9.59 Å². The average molecular weight is 388 g/mol. The first kappa shape index (κ1) is 20.0. The smallest absolute Gasteiger partial charge is 0.312 e. The van der Waals surface area contributed by atoms with Crippen LogP contribution in [-0.2, 0) is 4.79 Å². The SMILES string of the molecule is Cl.NC(=O)NC(CC(=O)N1CCC(N2CCNCC2)C1)c1cccs1. The van der Waals surface area contributed by atoms with Gasteiger partial charge in [-0.15, -0.1) is 23.7 Å². The average Bonchev–Trinajstić information content (AvgIpc) is 3.26. The minimum atomic E-state index is -0.596. The second kappa shape index (κ2) is 9.38. The van der Waals surface area contributed by atoms with E-state index in [2.05, 4.69) is 15.5 Å². The summed E-state index contributed by atoms with van der Waals surface area (Å²) in [5.41, 5.74) is 5.27. The van der Waals surface area contributed by atoms with Crippen molar-refractivity contribution in [1.82, 2.24) is 20.4 Å². The van der Waals surface area contributed by atoms with Gasteiger partial charge >= 0.3 is 6.03 Å². The zero-order valence-corrected chi connectivity index (χ0v) is 15.8. The van der Waals surface area contributed by atoms with Crippen molar-refractivity contribution >= 4 is 35.7 Å². The third-order valence-electron chi connectivity index (χ3n) is 4.77. The fourth-order valence-corrected chi connectivity index (χ4v) is 4.28. The maximum Gasteiger partial charge on any atom is 0.312 e. The van der Waals surface area contributed by atoms with Crippen LogP contribution in [0, 0.1) is 0 Å². The number of halogens is 1. The summed E-state index contributed by atoms with van der Waals surface area (Å²) < 4.78 is 0. The maximum atomic E-state index is 12.7. The summed E-state index contributed by atoms with van der Waals surface area (Å²) in [7, 11) is 0. The van der Waals surface area contributed by atoms with Crippen LogP contribution in [0.15, 0.2) is 17.5 Å². The van der Waals surface area contributed by atoms with E-state index in [1.165, 1.54) is 11.3 Å². The first-order chi connectivity index (χ1) is 11.6. The Morgan fingerprint density at radius 2 is 2.12 bits per heavy atom. The molecule has 3 rings (SSSR count). The first-order valence-corrected chi connectivity index (χ1v) is 9.33. The minimum absolute atomic E-state index is 0. The number of urea groups is 1. The van der Waals surface area contributed by atoms with Gasteiger partial charge in [0.1, 0.15) is 0 Å². The van der Waals surface area contributed by atoms with Gasteiger partial charge in [0.15, 0.2) is 0 Å². The Hall–Kier alpha value is -1.35. The quantitative estimate of drug-likeness (QED) is 0.696. The van der Waals surface area contributed by atoms with Crippen molar-refractivity contribution in [2.24, 2.45) is 5.73 Å². The number of likely N-dealkylation sites (tertiary alicyclic amines) is 1. The molecular formula is C16H26ClN5O2S. The van der Waals surface area contributed by atoms with Crippen LogP contribution in [0.2, 0.25) is 0 Å². The van der Waals surface area contributed by atoms with Gasteiger partial charge in [-0.3, -0.25) is 9.69 Å². The van der Waals surface area contributed by atoms with Gasteiger partial charge in [-0.05, 0) is 17.9 Å². The maximum absolute atomic E-state index is 12.7. The zero-order valence-electron chi connectivity index (χ0n) is 14.1. The number of primary amides is 1. The molecule has 9 heteroatoms. The Bertz CT molecular complexity index is 565. The summed E-state index contributed by atoms with van der Waals surface area (Å²) in [5.74, 6) is 0.0831. The lowest BCUT2D eigenvalue weighted by atomic mass is 10.1. The molecule has 0 spiro atoms. The van der Waals surface area contributed by atoms with Crippen LogP contribution >= 0.6 is 23.7 Å². The Morgan fingerprint density at radius 1 is 1.36 bits per heavy atom. The summed E-state index contributed by atoms with van der Waals surface area (Å²) in [6, 6.07) is 3.36. The highest BCUT2D eigenvalue weighted by atomic mass is 35.5. The highest BCUT2D eigenvalue weighted by Gasteiger charge is 2.32. The standard InChI is InChI=1S/C16H25N5O2S.ClH/c17-16(23)19-13(14-2-1-9-24-14)10-15(22)21-6-3-12(11-21)20-7-4-18-5-8-20;/h1-2,9,12-13,18H,3-8,10-11H2,(H3,17,19,23);1H. The van der Waals surface area contributed by atoms with Gasteiger partial charge in [0.2, 0.25) is 5.91 Å². The van der Waals surface area contributed by atoms with E-state index < -0.39 is 6.03 Å². The first-order valence-electron chi connectivity index (χ1n) is 8.45. The molecule has 2 fully saturated rings. The molecule has 0 saturated carbocycles. The van der Waals surface area contributed by atoms with E-state index in [0.717, 1.165) is 50.6 Å². The number of nitrogens with two attached hydrogens (primary N) is 1.